The SMILES string of the molecule is Cc1cccc(-c2cncc3[nH]c(-c4n[nH]c5ccc(-c6ccccn6)nc45)nc23)c1. The van der Waals surface area contributed by atoms with Crippen LogP contribution in [-0.4, -0.2) is 35.1 Å². The molecule has 0 fully saturated rings. The topological polar surface area (TPSA) is 96.0 Å². The van der Waals surface area contributed by atoms with E-state index in [-0.39, 0.29) is 0 Å². The molecule has 5 aromatic heterocycles. The number of nitrogens with one attached hydrogen (secondary N) is 2. The fourth-order valence-electron chi connectivity index (χ4n) is 3.79. The fourth-order valence-corrected chi connectivity index (χ4v) is 3.79. The lowest BCUT2D eigenvalue weighted by molar-refractivity contribution is 1.10. The number of aryl methyl sites for hydroxylation is 1. The molecular formula is C24H17N7. The van der Waals surface area contributed by atoms with Crippen LogP contribution in [0.1, 0.15) is 5.56 Å². The molecular weight excluding hydrogens is 386 g/mol. The van der Waals surface area contributed by atoms with Gasteiger partial charge in [0.15, 0.2) is 11.5 Å². The third-order valence-corrected chi connectivity index (χ3v) is 5.28. The number of rotatable bonds is 3. The van der Waals surface area contributed by atoms with E-state index in [0.717, 1.165) is 44.6 Å². The lowest BCUT2D eigenvalue weighted by Crippen LogP contribution is -1.88. The van der Waals surface area contributed by atoms with Crippen LogP contribution in [0, 0.1) is 6.92 Å². The van der Waals surface area contributed by atoms with Crippen molar-refractivity contribution in [2.75, 3.05) is 0 Å². The molecule has 0 radical (unpaired) electrons. The maximum Gasteiger partial charge on any atom is 0.161 e. The summed E-state index contributed by atoms with van der Waals surface area (Å²) in [5.74, 6) is 0.647. The second-order valence-corrected chi connectivity index (χ2v) is 7.42. The molecule has 1 aromatic carbocycles. The van der Waals surface area contributed by atoms with Crippen molar-refractivity contribution >= 4 is 22.1 Å². The average Bonchev–Trinajstić information content (AvgIpc) is 3.43. The van der Waals surface area contributed by atoms with Crippen molar-refractivity contribution in [2.45, 2.75) is 6.92 Å². The highest BCUT2D eigenvalue weighted by atomic mass is 15.2. The molecule has 0 atom stereocenters. The number of aromatic amines is 2. The number of imidazole rings is 1. The van der Waals surface area contributed by atoms with Gasteiger partial charge in [-0.2, -0.15) is 5.10 Å². The number of aromatic nitrogens is 7. The lowest BCUT2D eigenvalue weighted by atomic mass is 10.0. The van der Waals surface area contributed by atoms with Crippen LogP contribution >= 0.6 is 0 Å². The van der Waals surface area contributed by atoms with Crippen LogP contribution in [-0.2, 0) is 0 Å². The first-order chi connectivity index (χ1) is 15.3. The Bertz CT molecular complexity index is 1550. The second-order valence-electron chi connectivity index (χ2n) is 7.42. The molecule has 5 heterocycles. The van der Waals surface area contributed by atoms with Crippen LogP contribution in [0.15, 0.2) is 73.2 Å². The van der Waals surface area contributed by atoms with Crippen molar-refractivity contribution in [1.29, 1.82) is 0 Å². The maximum absolute atomic E-state index is 4.88. The summed E-state index contributed by atoms with van der Waals surface area (Å²) < 4.78 is 0. The van der Waals surface area contributed by atoms with Gasteiger partial charge >= 0.3 is 0 Å². The first kappa shape index (κ1) is 17.5. The Labute approximate surface area is 177 Å². The molecule has 0 aliphatic heterocycles. The van der Waals surface area contributed by atoms with Gasteiger partial charge in [-0.05, 0) is 36.8 Å². The minimum absolute atomic E-state index is 0.647. The quantitative estimate of drug-likeness (QED) is 0.437. The Morgan fingerprint density at radius 1 is 0.806 bits per heavy atom. The van der Waals surface area contributed by atoms with E-state index in [2.05, 4.69) is 50.3 Å². The summed E-state index contributed by atoms with van der Waals surface area (Å²) >= 11 is 0. The van der Waals surface area contributed by atoms with Crippen molar-refractivity contribution < 1.29 is 0 Å². The highest BCUT2D eigenvalue weighted by Crippen LogP contribution is 2.31. The van der Waals surface area contributed by atoms with Crippen LogP contribution in [0.3, 0.4) is 0 Å². The number of hydrogen-bond donors (Lipinski definition) is 2. The number of nitrogens with zero attached hydrogens (tertiary/aromatic N) is 5. The zero-order valence-corrected chi connectivity index (χ0v) is 16.7. The van der Waals surface area contributed by atoms with Gasteiger partial charge < -0.3 is 4.98 Å². The third kappa shape index (κ3) is 2.95. The van der Waals surface area contributed by atoms with E-state index in [9.17, 15) is 0 Å². The Morgan fingerprint density at radius 3 is 2.65 bits per heavy atom. The molecule has 0 amide bonds. The van der Waals surface area contributed by atoms with Crippen LogP contribution in [0.4, 0.5) is 0 Å². The normalized spacial score (nSPS) is 11.4. The Balaban J connectivity index is 1.52. The molecule has 0 aliphatic carbocycles. The van der Waals surface area contributed by atoms with Crippen molar-refractivity contribution in [3.8, 4) is 34.0 Å². The third-order valence-electron chi connectivity index (χ3n) is 5.28. The first-order valence-electron chi connectivity index (χ1n) is 9.94. The van der Waals surface area contributed by atoms with Crippen LogP contribution in [0.25, 0.3) is 56.1 Å². The van der Waals surface area contributed by atoms with E-state index in [1.165, 1.54) is 5.56 Å². The number of hydrogen-bond acceptors (Lipinski definition) is 5. The number of H-pyrrole nitrogens is 2. The highest BCUT2D eigenvalue weighted by molar-refractivity contribution is 5.95. The van der Waals surface area contributed by atoms with Crippen molar-refractivity contribution in [2.24, 2.45) is 0 Å². The van der Waals surface area contributed by atoms with E-state index < -0.39 is 0 Å². The van der Waals surface area contributed by atoms with Gasteiger partial charge in [-0.15, -0.1) is 0 Å². The predicted octanol–water partition coefficient (Wildman–Crippen LogP) is 4.93. The summed E-state index contributed by atoms with van der Waals surface area (Å²) in [6.45, 7) is 2.08. The van der Waals surface area contributed by atoms with Gasteiger partial charge in [-0.1, -0.05) is 35.9 Å². The minimum Gasteiger partial charge on any atom is -0.335 e. The standard InChI is InChI=1S/C24H17N7/c1-14-5-4-6-15(11-14)16-12-25-13-20-21(16)29-24(28-20)23-22-19(30-31-23)9-8-18(27-22)17-7-2-3-10-26-17/h2-13H,1H3,(H,28,29)(H,30,31). The van der Waals surface area contributed by atoms with Gasteiger partial charge in [-0.3, -0.25) is 15.1 Å². The largest absolute Gasteiger partial charge is 0.335 e. The van der Waals surface area contributed by atoms with Gasteiger partial charge in [0.25, 0.3) is 0 Å². The Hall–Kier alpha value is -4.39. The van der Waals surface area contributed by atoms with E-state index >= 15 is 0 Å². The number of pyridine rings is 3. The first-order valence-corrected chi connectivity index (χ1v) is 9.94. The van der Waals surface area contributed by atoms with Crippen LogP contribution < -0.4 is 0 Å². The molecule has 7 nitrogen and oxygen atoms in total. The number of benzene rings is 1. The van der Waals surface area contributed by atoms with Crippen molar-refractivity contribution in [3.63, 3.8) is 0 Å². The zero-order valence-electron chi connectivity index (χ0n) is 16.7. The monoisotopic (exact) mass is 403 g/mol. The van der Waals surface area contributed by atoms with Gasteiger partial charge in [0.05, 0.1) is 34.1 Å². The minimum atomic E-state index is 0.647. The molecule has 0 spiro atoms. The predicted molar refractivity (Wildman–Crippen MR) is 120 cm³/mol. The zero-order chi connectivity index (χ0) is 20.8. The molecule has 0 unspecified atom stereocenters. The Morgan fingerprint density at radius 2 is 1.77 bits per heavy atom. The fraction of sp³-hybridized carbons (Fsp3) is 0.0417. The molecule has 6 rings (SSSR count). The molecule has 148 valence electrons. The molecule has 0 bridgehead atoms. The molecule has 31 heavy (non-hydrogen) atoms. The van der Waals surface area contributed by atoms with Crippen LogP contribution in [0.2, 0.25) is 0 Å². The average molecular weight is 403 g/mol. The summed E-state index contributed by atoms with van der Waals surface area (Å²) in [6.07, 6.45) is 5.39. The van der Waals surface area contributed by atoms with Crippen LogP contribution in [0.5, 0.6) is 0 Å². The molecule has 7 heteroatoms. The summed E-state index contributed by atoms with van der Waals surface area (Å²) in [6, 6.07) is 18.0. The molecule has 0 saturated heterocycles. The molecule has 6 aromatic rings. The van der Waals surface area contributed by atoms with Gasteiger partial charge in [0.1, 0.15) is 5.52 Å². The van der Waals surface area contributed by atoms with Gasteiger partial charge in [-0.25, -0.2) is 9.97 Å². The second kappa shape index (κ2) is 6.84. The highest BCUT2D eigenvalue weighted by Gasteiger charge is 2.17. The summed E-state index contributed by atoms with van der Waals surface area (Å²) in [5.41, 5.74) is 8.80. The smallest absolute Gasteiger partial charge is 0.161 e. The maximum atomic E-state index is 4.88. The lowest BCUT2D eigenvalue weighted by Gasteiger charge is -2.03. The van der Waals surface area contributed by atoms with Gasteiger partial charge in [0, 0.05) is 18.0 Å². The summed E-state index contributed by atoms with van der Waals surface area (Å²) in [5, 5.41) is 7.54. The van der Waals surface area contributed by atoms with E-state index in [0.29, 0.717) is 11.5 Å². The van der Waals surface area contributed by atoms with Crippen molar-refractivity contribution in [1.82, 2.24) is 35.1 Å². The van der Waals surface area contributed by atoms with E-state index in [1.807, 2.05) is 42.6 Å². The van der Waals surface area contributed by atoms with E-state index in [4.69, 9.17) is 9.97 Å². The molecule has 0 saturated carbocycles. The van der Waals surface area contributed by atoms with Gasteiger partial charge in [0.2, 0.25) is 0 Å². The van der Waals surface area contributed by atoms with Crippen molar-refractivity contribution in [3.05, 3.63) is 78.8 Å². The molecule has 0 aliphatic rings. The number of fused-ring (bicyclic) bond motifs is 2. The summed E-state index contributed by atoms with van der Waals surface area (Å²) in [7, 11) is 0. The molecule has 2 N–H and O–H groups in total. The van der Waals surface area contributed by atoms with E-state index in [1.54, 1.807) is 12.4 Å². The Kier molecular flexibility index (Phi) is 3.86. The summed E-state index contributed by atoms with van der Waals surface area (Å²) in [4.78, 5) is 21.9.